The highest BCUT2D eigenvalue weighted by Crippen LogP contribution is 2.23. The molecule has 2 N–H and O–H groups in total. The van der Waals surface area contributed by atoms with Crippen LogP contribution in [0, 0.1) is 22.0 Å². The average Bonchev–Trinajstić information content (AvgIpc) is 3.08. The van der Waals surface area contributed by atoms with E-state index in [-0.39, 0.29) is 34.6 Å². The van der Waals surface area contributed by atoms with Crippen LogP contribution in [0.3, 0.4) is 0 Å². The van der Waals surface area contributed by atoms with Gasteiger partial charge in [0.2, 0.25) is 5.91 Å². The van der Waals surface area contributed by atoms with Gasteiger partial charge in [-0.3, -0.25) is 24.5 Å². The first kappa shape index (κ1) is 20.6. The number of rotatable bonds is 6. The molecule has 0 aromatic heterocycles. The Balaban J connectivity index is 2.14. The highest BCUT2D eigenvalue weighted by Gasteiger charge is 2.36. The Morgan fingerprint density at radius 2 is 2.04 bits per heavy atom. The van der Waals surface area contributed by atoms with E-state index >= 15 is 0 Å². The van der Waals surface area contributed by atoms with Crippen LogP contribution < -0.4 is 5.32 Å². The third kappa shape index (κ3) is 4.73. The molecule has 1 heterocycles. The number of nitrogens with one attached hydrogen (secondary N) is 1. The SMILES string of the molecule is CC(C)C(NC(=O)c1ccc([N+](=O)[O-])cc1Cl)C(=O)N1CCC(C(=O)O)C1. The third-order valence-corrected chi connectivity index (χ3v) is 4.79. The van der Waals surface area contributed by atoms with Crippen molar-refractivity contribution >= 4 is 35.1 Å². The number of likely N-dealkylation sites (tertiary alicyclic amines) is 1. The largest absolute Gasteiger partial charge is 0.481 e. The number of carboxylic acids is 1. The van der Waals surface area contributed by atoms with E-state index in [2.05, 4.69) is 5.32 Å². The molecule has 2 amide bonds. The second-order valence-electron chi connectivity index (χ2n) is 6.72. The van der Waals surface area contributed by atoms with Gasteiger partial charge in [0.25, 0.3) is 11.6 Å². The predicted octanol–water partition coefficient (Wildman–Crippen LogP) is 1.94. The molecule has 0 spiro atoms. The van der Waals surface area contributed by atoms with E-state index in [1.807, 2.05) is 0 Å². The predicted molar refractivity (Wildman–Crippen MR) is 96.5 cm³/mol. The van der Waals surface area contributed by atoms with Gasteiger partial charge < -0.3 is 15.3 Å². The van der Waals surface area contributed by atoms with Crippen molar-refractivity contribution in [3.63, 3.8) is 0 Å². The van der Waals surface area contributed by atoms with Gasteiger partial charge >= 0.3 is 5.97 Å². The van der Waals surface area contributed by atoms with Gasteiger partial charge in [0.1, 0.15) is 6.04 Å². The fourth-order valence-electron chi connectivity index (χ4n) is 2.89. The minimum atomic E-state index is -0.951. The van der Waals surface area contributed by atoms with Crippen LogP contribution in [0.2, 0.25) is 5.02 Å². The molecule has 0 aliphatic carbocycles. The van der Waals surface area contributed by atoms with E-state index in [4.69, 9.17) is 16.7 Å². The van der Waals surface area contributed by atoms with Crippen LogP contribution in [-0.2, 0) is 9.59 Å². The third-order valence-electron chi connectivity index (χ3n) is 4.48. The van der Waals surface area contributed by atoms with Crippen molar-refractivity contribution in [3.05, 3.63) is 38.9 Å². The number of carbonyl (C=O) groups is 3. The molecule has 1 aromatic rings. The van der Waals surface area contributed by atoms with E-state index in [9.17, 15) is 24.5 Å². The van der Waals surface area contributed by atoms with E-state index in [1.54, 1.807) is 13.8 Å². The number of nitrogens with zero attached hydrogens (tertiary/aromatic N) is 2. The number of non-ortho nitro benzene ring substituents is 1. The van der Waals surface area contributed by atoms with Crippen molar-refractivity contribution in [3.8, 4) is 0 Å². The number of carbonyl (C=O) groups excluding carboxylic acids is 2. The average molecular weight is 398 g/mol. The number of aliphatic carboxylic acids is 1. The number of amides is 2. The molecule has 2 unspecified atom stereocenters. The smallest absolute Gasteiger partial charge is 0.308 e. The summed E-state index contributed by atoms with van der Waals surface area (Å²) in [5.74, 6) is -2.80. The number of benzene rings is 1. The lowest BCUT2D eigenvalue weighted by molar-refractivity contribution is -0.384. The number of hydrogen-bond donors (Lipinski definition) is 2. The maximum absolute atomic E-state index is 12.7. The summed E-state index contributed by atoms with van der Waals surface area (Å²) in [5.41, 5.74) is -0.227. The summed E-state index contributed by atoms with van der Waals surface area (Å²) in [4.78, 5) is 47.9. The summed E-state index contributed by atoms with van der Waals surface area (Å²) in [7, 11) is 0. The molecule has 0 radical (unpaired) electrons. The number of nitro benzene ring substituents is 1. The Bertz CT molecular complexity index is 782. The van der Waals surface area contributed by atoms with E-state index < -0.39 is 28.8 Å². The lowest BCUT2D eigenvalue weighted by Crippen LogP contribution is -2.50. The molecule has 9 nitrogen and oxygen atoms in total. The molecule has 0 saturated carbocycles. The minimum Gasteiger partial charge on any atom is -0.481 e. The van der Waals surface area contributed by atoms with Crippen molar-refractivity contribution in [2.24, 2.45) is 11.8 Å². The Kier molecular flexibility index (Phi) is 6.37. The van der Waals surface area contributed by atoms with E-state index in [0.717, 1.165) is 12.1 Å². The van der Waals surface area contributed by atoms with Gasteiger partial charge in [-0.2, -0.15) is 0 Å². The fourth-order valence-corrected chi connectivity index (χ4v) is 3.15. The first-order chi connectivity index (χ1) is 12.6. The number of halogens is 1. The Morgan fingerprint density at radius 1 is 1.37 bits per heavy atom. The van der Waals surface area contributed by atoms with Crippen LogP contribution in [-0.4, -0.2) is 51.8 Å². The normalized spacial score (nSPS) is 17.6. The Hall–Kier alpha value is -2.68. The second-order valence-corrected chi connectivity index (χ2v) is 7.13. The number of nitro groups is 1. The van der Waals surface area contributed by atoms with Gasteiger partial charge in [-0.05, 0) is 18.4 Å². The molecule has 1 saturated heterocycles. The van der Waals surface area contributed by atoms with Crippen LogP contribution in [0.1, 0.15) is 30.6 Å². The first-order valence-electron chi connectivity index (χ1n) is 8.38. The van der Waals surface area contributed by atoms with Gasteiger partial charge in [0, 0.05) is 25.2 Å². The zero-order chi connectivity index (χ0) is 20.3. The highest BCUT2D eigenvalue weighted by molar-refractivity contribution is 6.34. The van der Waals surface area contributed by atoms with Crippen LogP contribution >= 0.6 is 11.6 Å². The minimum absolute atomic E-state index is 0.0190. The van der Waals surface area contributed by atoms with Crippen LogP contribution in [0.25, 0.3) is 0 Å². The first-order valence-corrected chi connectivity index (χ1v) is 8.76. The zero-order valence-electron chi connectivity index (χ0n) is 14.8. The molecule has 1 aliphatic rings. The summed E-state index contributed by atoms with van der Waals surface area (Å²) in [5, 5.41) is 22.4. The second kappa shape index (κ2) is 8.34. The molecule has 2 rings (SSSR count). The Labute approximate surface area is 160 Å². The van der Waals surface area contributed by atoms with Crippen molar-refractivity contribution < 1.29 is 24.4 Å². The molecule has 10 heteroatoms. The maximum Gasteiger partial charge on any atom is 0.308 e. The standard InChI is InChI=1S/C17H20ClN3O6/c1-9(2)14(16(23)20-6-5-10(8-20)17(24)25)19-15(22)12-4-3-11(21(26)27)7-13(12)18/h3-4,7,9-10,14H,5-6,8H2,1-2H3,(H,19,22)(H,24,25). The molecule has 27 heavy (non-hydrogen) atoms. The molecule has 1 aromatic carbocycles. The fraction of sp³-hybridized carbons (Fsp3) is 0.471. The summed E-state index contributed by atoms with van der Waals surface area (Å²) in [6.45, 7) is 3.93. The monoisotopic (exact) mass is 397 g/mol. The van der Waals surface area contributed by atoms with E-state index in [0.29, 0.717) is 13.0 Å². The van der Waals surface area contributed by atoms with Crippen molar-refractivity contribution in [1.82, 2.24) is 10.2 Å². The topological polar surface area (TPSA) is 130 Å². The molecular weight excluding hydrogens is 378 g/mol. The van der Waals surface area contributed by atoms with Crippen molar-refractivity contribution in [2.45, 2.75) is 26.3 Å². The maximum atomic E-state index is 12.7. The summed E-state index contributed by atoms with van der Waals surface area (Å²) in [6.07, 6.45) is 0.369. The summed E-state index contributed by atoms with van der Waals surface area (Å²) in [6, 6.07) is 2.59. The van der Waals surface area contributed by atoms with Crippen molar-refractivity contribution in [2.75, 3.05) is 13.1 Å². The number of carboxylic acid groups (broad SMARTS) is 1. The van der Waals surface area contributed by atoms with Gasteiger partial charge in [-0.1, -0.05) is 25.4 Å². The van der Waals surface area contributed by atoms with E-state index in [1.165, 1.54) is 11.0 Å². The van der Waals surface area contributed by atoms with Gasteiger partial charge in [0.05, 0.1) is 21.4 Å². The van der Waals surface area contributed by atoms with Crippen LogP contribution in [0.5, 0.6) is 0 Å². The van der Waals surface area contributed by atoms with Gasteiger partial charge in [0.15, 0.2) is 0 Å². The Morgan fingerprint density at radius 3 is 2.52 bits per heavy atom. The lowest BCUT2D eigenvalue weighted by Gasteiger charge is -2.27. The van der Waals surface area contributed by atoms with Gasteiger partial charge in [-0.25, -0.2) is 0 Å². The quantitative estimate of drug-likeness (QED) is 0.557. The highest BCUT2D eigenvalue weighted by atomic mass is 35.5. The van der Waals surface area contributed by atoms with Crippen LogP contribution in [0.15, 0.2) is 18.2 Å². The molecule has 2 atom stereocenters. The molecule has 1 fully saturated rings. The molecule has 146 valence electrons. The molecular formula is C17H20ClN3O6. The van der Waals surface area contributed by atoms with Gasteiger partial charge in [-0.15, -0.1) is 0 Å². The molecule has 1 aliphatic heterocycles. The zero-order valence-corrected chi connectivity index (χ0v) is 15.6. The molecule has 0 bridgehead atoms. The van der Waals surface area contributed by atoms with Crippen LogP contribution in [0.4, 0.5) is 5.69 Å². The summed E-state index contributed by atoms with van der Waals surface area (Å²) < 4.78 is 0. The number of hydrogen-bond acceptors (Lipinski definition) is 5. The lowest BCUT2D eigenvalue weighted by atomic mass is 10.0. The van der Waals surface area contributed by atoms with Crippen molar-refractivity contribution in [1.29, 1.82) is 0 Å². The summed E-state index contributed by atoms with van der Waals surface area (Å²) >= 11 is 5.97.